The van der Waals surface area contributed by atoms with E-state index in [-0.39, 0.29) is 5.75 Å². The van der Waals surface area contributed by atoms with Crippen LogP contribution in [0.1, 0.15) is 5.56 Å². The SMILES string of the molecule is NNC(=O)/C=C/c1ccc(F)c(Oc2ccccc2)c1. The second kappa shape index (κ2) is 6.49. The molecule has 0 aliphatic heterocycles. The third-order valence-corrected chi connectivity index (χ3v) is 2.50. The lowest BCUT2D eigenvalue weighted by Gasteiger charge is -2.07. The number of hydrogen-bond acceptors (Lipinski definition) is 3. The van der Waals surface area contributed by atoms with Gasteiger partial charge in [-0.25, -0.2) is 10.2 Å². The molecule has 4 nitrogen and oxygen atoms in total. The van der Waals surface area contributed by atoms with Gasteiger partial charge in [-0.3, -0.25) is 10.2 Å². The number of ether oxygens (including phenoxy) is 1. The van der Waals surface area contributed by atoms with Crippen LogP contribution in [0.15, 0.2) is 54.6 Å². The van der Waals surface area contributed by atoms with Crippen molar-refractivity contribution in [3.63, 3.8) is 0 Å². The molecular formula is C15H13FN2O2. The van der Waals surface area contributed by atoms with E-state index in [0.717, 1.165) is 0 Å². The first kappa shape index (κ1) is 13.8. The standard InChI is InChI=1S/C15H13FN2O2/c16-13-8-6-11(7-9-15(19)18-17)10-14(13)20-12-4-2-1-3-5-12/h1-10H,17H2,(H,18,19)/b9-7+. The number of amides is 1. The lowest BCUT2D eigenvalue weighted by Crippen LogP contribution is -2.27. The van der Waals surface area contributed by atoms with Crippen LogP contribution in [-0.2, 0) is 4.79 Å². The Morgan fingerprint density at radius 2 is 1.95 bits per heavy atom. The van der Waals surface area contributed by atoms with Gasteiger partial charge in [0.1, 0.15) is 5.75 Å². The van der Waals surface area contributed by atoms with E-state index < -0.39 is 11.7 Å². The lowest BCUT2D eigenvalue weighted by molar-refractivity contribution is -0.116. The molecule has 3 N–H and O–H groups in total. The maximum atomic E-state index is 13.7. The molecule has 2 aromatic carbocycles. The summed E-state index contributed by atoms with van der Waals surface area (Å²) in [7, 11) is 0. The molecule has 0 atom stereocenters. The van der Waals surface area contributed by atoms with Crippen molar-refractivity contribution in [1.82, 2.24) is 5.43 Å². The number of nitrogens with one attached hydrogen (secondary N) is 1. The summed E-state index contributed by atoms with van der Waals surface area (Å²) >= 11 is 0. The number of rotatable bonds is 4. The van der Waals surface area contributed by atoms with Crippen molar-refractivity contribution in [3.8, 4) is 11.5 Å². The molecule has 2 aromatic rings. The molecule has 0 radical (unpaired) electrons. The zero-order valence-corrected chi connectivity index (χ0v) is 10.5. The molecule has 0 heterocycles. The Balaban J connectivity index is 2.21. The predicted molar refractivity (Wildman–Crippen MR) is 74.3 cm³/mol. The van der Waals surface area contributed by atoms with Crippen molar-refractivity contribution < 1.29 is 13.9 Å². The van der Waals surface area contributed by atoms with Crippen LogP contribution in [0, 0.1) is 5.82 Å². The lowest BCUT2D eigenvalue weighted by atomic mass is 10.2. The molecule has 1 amide bonds. The van der Waals surface area contributed by atoms with Crippen LogP contribution in [0.4, 0.5) is 4.39 Å². The minimum Gasteiger partial charge on any atom is -0.454 e. The molecule has 0 fully saturated rings. The van der Waals surface area contributed by atoms with E-state index in [0.29, 0.717) is 11.3 Å². The molecule has 0 saturated carbocycles. The fourth-order valence-corrected chi connectivity index (χ4v) is 1.54. The zero-order valence-electron chi connectivity index (χ0n) is 10.5. The number of nitrogens with two attached hydrogens (primary N) is 1. The van der Waals surface area contributed by atoms with E-state index in [9.17, 15) is 9.18 Å². The molecule has 0 spiro atoms. The number of benzene rings is 2. The van der Waals surface area contributed by atoms with Crippen molar-refractivity contribution in [2.24, 2.45) is 5.84 Å². The minimum atomic E-state index is -0.478. The summed E-state index contributed by atoms with van der Waals surface area (Å²) in [4.78, 5) is 11.0. The Morgan fingerprint density at radius 1 is 1.20 bits per heavy atom. The summed E-state index contributed by atoms with van der Waals surface area (Å²) in [6.45, 7) is 0. The van der Waals surface area contributed by atoms with Gasteiger partial charge in [-0.2, -0.15) is 0 Å². The molecule has 102 valence electrons. The normalized spacial score (nSPS) is 10.5. The number of para-hydroxylation sites is 1. The highest BCUT2D eigenvalue weighted by Crippen LogP contribution is 2.25. The van der Waals surface area contributed by atoms with Gasteiger partial charge < -0.3 is 4.74 Å². The molecule has 0 saturated heterocycles. The second-order valence-electron chi connectivity index (χ2n) is 3.95. The molecule has 2 rings (SSSR count). The van der Waals surface area contributed by atoms with E-state index in [2.05, 4.69) is 0 Å². The van der Waals surface area contributed by atoms with Gasteiger partial charge in [-0.1, -0.05) is 24.3 Å². The summed E-state index contributed by atoms with van der Waals surface area (Å²) in [5.41, 5.74) is 2.60. The number of halogens is 1. The number of hydrazine groups is 1. The average molecular weight is 272 g/mol. The van der Waals surface area contributed by atoms with Crippen LogP contribution in [0.5, 0.6) is 11.5 Å². The molecule has 0 aromatic heterocycles. The third-order valence-electron chi connectivity index (χ3n) is 2.50. The maximum Gasteiger partial charge on any atom is 0.257 e. The minimum absolute atomic E-state index is 0.0894. The van der Waals surface area contributed by atoms with Gasteiger partial charge in [0, 0.05) is 6.08 Å². The largest absolute Gasteiger partial charge is 0.454 e. The van der Waals surface area contributed by atoms with E-state index in [1.807, 2.05) is 11.5 Å². The van der Waals surface area contributed by atoms with Crippen molar-refractivity contribution in [1.29, 1.82) is 0 Å². The van der Waals surface area contributed by atoms with Gasteiger partial charge in [0.25, 0.3) is 5.91 Å². The molecule has 20 heavy (non-hydrogen) atoms. The zero-order chi connectivity index (χ0) is 14.4. The Morgan fingerprint density at radius 3 is 2.65 bits per heavy atom. The van der Waals surface area contributed by atoms with Crippen molar-refractivity contribution >= 4 is 12.0 Å². The monoisotopic (exact) mass is 272 g/mol. The Labute approximate surface area is 115 Å². The van der Waals surface area contributed by atoms with Crippen LogP contribution in [0.3, 0.4) is 0 Å². The van der Waals surface area contributed by atoms with E-state index in [4.69, 9.17) is 10.6 Å². The molecule has 5 heteroatoms. The maximum absolute atomic E-state index is 13.7. The van der Waals surface area contributed by atoms with Crippen LogP contribution in [0.2, 0.25) is 0 Å². The highest BCUT2D eigenvalue weighted by molar-refractivity contribution is 5.91. The van der Waals surface area contributed by atoms with Gasteiger partial charge in [0.05, 0.1) is 0 Å². The highest BCUT2D eigenvalue weighted by Gasteiger charge is 2.05. The Bertz CT molecular complexity index is 627. The average Bonchev–Trinajstić information content (AvgIpc) is 2.48. The van der Waals surface area contributed by atoms with E-state index >= 15 is 0 Å². The molecule has 0 aliphatic carbocycles. The van der Waals surface area contributed by atoms with E-state index in [1.165, 1.54) is 30.4 Å². The molecule has 0 unspecified atom stereocenters. The second-order valence-corrected chi connectivity index (χ2v) is 3.95. The van der Waals surface area contributed by atoms with Crippen LogP contribution >= 0.6 is 0 Å². The number of carbonyl (C=O) groups is 1. The topological polar surface area (TPSA) is 64.3 Å². The summed E-state index contributed by atoms with van der Waals surface area (Å²) in [5.74, 6) is 4.66. The van der Waals surface area contributed by atoms with Crippen molar-refractivity contribution in [2.45, 2.75) is 0 Å². The molecule has 0 bridgehead atoms. The van der Waals surface area contributed by atoms with Crippen LogP contribution in [0.25, 0.3) is 6.08 Å². The first-order chi connectivity index (χ1) is 9.69. The first-order valence-corrected chi connectivity index (χ1v) is 5.90. The van der Waals surface area contributed by atoms with Crippen LogP contribution in [-0.4, -0.2) is 5.91 Å². The predicted octanol–water partition coefficient (Wildman–Crippen LogP) is 2.62. The summed E-state index contributed by atoms with van der Waals surface area (Å²) < 4.78 is 19.1. The summed E-state index contributed by atoms with van der Waals surface area (Å²) in [5, 5.41) is 0. The smallest absolute Gasteiger partial charge is 0.257 e. The molecular weight excluding hydrogens is 259 g/mol. The quantitative estimate of drug-likeness (QED) is 0.389. The van der Waals surface area contributed by atoms with Crippen LogP contribution < -0.4 is 16.0 Å². The first-order valence-electron chi connectivity index (χ1n) is 5.90. The van der Waals surface area contributed by atoms with Gasteiger partial charge in [0.15, 0.2) is 11.6 Å². The fraction of sp³-hybridized carbons (Fsp3) is 0. The van der Waals surface area contributed by atoms with Gasteiger partial charge >= 0.3 is 0 Å². The number of carbonyl (C=O) groups excluding carboxylic acids is 1. The van der Waals surface area contributed by atoms with Gasteiger partial charge in [-0.15, -0.1) is 0 Å². The highest BCUT2D eigenvalue weighted by atomic mass is 19.1. The Hall–Kier alpha value is -2.66. The van der Waals surface area contributed by atoms with E-state index in [1.54, 1.807) is 24.3 Å². The van der Waals surface area contributed by atoms with Crippen molar-refractivity contribution in [3.05, 3.63) is 66.0 Å². The molecule has 0 aliphatic rings. The Kier molecular flexibility index (Phi) is 4.47. The fourth-order valence-electron chi connectivity index (χ4n) is 1.54. The number of hydrogen-bond donors (Lipinski definition) is 2. The summed E-state index contributed by atoms with van der Waals surface area (Å²) in [6, 6.07) is 13.2. The van der Waals surface area contributed by atoms with Crippen molar-refractivity contribution in [2.75, 3.05) is 0 Å². The third kappa shape index (κ3) is 3.66. The summed E-state index contributed by atoms with van der Waals surface area (Å²) in [6.07, 6.45) is 2.76. The van der Waals surface area contributed by atoms with Gasteiger partial charge in [-0.05, 0) is 35.9 Å². The van der Waals surface area contributed by atoms with Gasteiger partial charge in [0.2, 0.25) is 0 Å².